The van der Waals surface area contributed by atoms with E-state index >= 15 is 0 Å². The number of azide groups is 1. The number of benzene rings is 1. The molecular weight excluding hydrogens is 528 g/mol. The van der Waals surface area contributed by atoms with Gasteiger partial charge in [-0.25, -0.2) is 0 Å². The van der Waals surface area contributed by atoms with Crippen molar-refractivity contribution in [2.75, 3.05) is 72.5 Å². The number of nitrogens with one attached hydrogen (secondary N) is 3. The van der Waals surface area contributed by atoms with Crippen LogP contribution in [-0.2, 0) is 23.7 Å². The Morgan fingerprint density at radius 1 is 1.05 bits per heavy atom. The van der Waals surface area contributed by atoms with E-state index < -0.39 is 6.23 Å². The van der Waals surface area contributed by atoms with Crippen molar-refractivity contribution in [3.8, 4) is 17.6 Å². The van der Waals surface area contributed by atoms with Crippen molar-refractivity contribution in [3.63, 3.8) is 0 Å². The molecule has 0 aromatic heterocycles. The van der Waals surface area contributed by atoms with Gasteiger partial charge >= 0.3 is 0 Å². The van der Waals surface area contributed by atoms with Crippen LogP contribution in [0.3, 0.4) is 0 Å². The average molecular weight is 567 g/mol. The zero-order valence-electron chi connectivity index (χ0n) is 22.2. The van der Waals surface area contributed by atoms with E-state index in [0.717, 1.165) is 0 Å². The van der Waals surface area contributed by atoms with Gasteiger partial charge in [0.05, 0.1) is 33.0 Å². The van der Waals surface area contributed by atoms with Crippen molar-refractivity contribution < 1.29 is 33.3 Å². The van der Waals surface area contributed by atoms with Crippen LogP contribution < -0.4 is 20.1 Å². The quantitative estimate of drug-likeness (QED) is 0.0389. The topological polar surface area (TPSA) is 165 Å². The highest BCUT2D eigenvalue weighted by Crippen LogP contribution is 2.14. The molecule has 0 aliphatic carbocycles. The van der Waals surface area contributed by atoms with Crippen LogP contribution in [0.25, 0.3) is 10.4 Å². The second-order valence-corrected chi connectivity index (χ2v) is 8.01. The van der Waals surface area contributed by atoms with E-state index in [9.17, 15) is 9.59 Å². The molecule has 14 heteroatoms. The number of hydrogen-bond donors (Lipinski definition) is 4. The summed E-state index contributed by atoms with van der Waals surface area (Å²) in [5.41, 5.74) is 9.23. The number of amides is 2. The smallest absolute Gasteiger partial charge is 0.251 e. The molecule has 1 unspecified atom stereocenters. The summed E-state index contributed by atoms with van der Waals surface area (Å²) in [6.07, 6.45) is 0.112. The third-order valence-electron chi connectivity index (χ3n) is 4.71. The molecule has 1 rings (SSSR count). The maximum Gasteiger partial charge on any atom is 0.251 e. The van der Waals surface area contributed by atoms with Gasteiger partial charge in [0.25, 0.3) is 5.91 Å². The Labute approximate surface area is 234 Å². The van der Waals surface area contributed by atoms with E-state index in [1.807, 2.05) is 0 Å². The van der Waals surface area contributed by atoms with Crippen molar-refractivity contribution in [2.45, 2.75) is 26.0 Å². The SMILES string of the molecule is CC#CCOCCNC(=O)CCCOCCOCCOC(COc1cccc(C(=O)NCCNS)c1)N=[N+]=[N-]. The fraction of sp³-hybridized carbons (Fsp3) is 0.600. The lowest BCUT2D eigenvalue weighted by atomic mass is 10.2. The fourth-order valence-electron chi connectivity index (χ4n) is 2.85. The zero-order chi connectivity index (χ0) is 28.4. The Morgan fingerprint density at radius 2 is 1.85 bits per heavy atom. The number of thiol groups is 1. The molecule has 3 N–H and O–H groups in total. The Hall–Kier alpha value is -3.02. The number of carbonyl (C=O) groups excluding carboxylic acids is 2. The second-order valence-electron chi connectivity index (χ2n) is 7.69. The van der Waals surface area contributed by atoms with Gasteiger partial charge < -0.3 is 34.3 Å². The molecule has 1 aromatic rings. The number of nitrogens with zero attached hydrogens (tertiary/aromatic N) is 3. The van der Waals surface area contributed by atoms with Gasteiger partial charge in [0.1, 0.15) is 19.0 Å². The van der Waals surface area contributed by atoms with Crippen molar-refractivity contribution in [1.82, 2.24) is 15.4 Å². The summed E-state index contributed by atoms with van der Waals surface area (Å²) in [6.45, 7) is 5.56. The molecule has 0 bridgehead atoms. The van der Waals surface area contributed by atoms with Crippen LogP contribution in [0.15, 0.2) is 29.4 Å². The van der Waals surface area contributed by atoms with E-state index in [0.29, 0.717) is 76.8 Å². The van der Waals surface area contributed by atoms with Crippen LogP contribution in [0.1, 0.15) is 30.1 Å². The molecule has 13 nitrogen and oxygen atoms in total. The molecule has 0 radical (unpaired) electrons. The molecule has 0 spiro atoms. The monoisotopic (exact) mass is 566 g/mol. The molecule has 1 aromatic carbocycles. The summed E-state index contributed by atoms with van der Waals surface area (Å²) >= 11 is 3.87. The van der Waals surface area contributed by atoms with E-state index in [4.69, 9.17) is 29.2 Å². The molecule has 39 heavy (non-hydrogen) atoms. The number of rotatable bonds is 23. The average Bonchev–Trinajstić information content (AvgIpc) is 2.94. The van der Waals surface area contributed by atoms with Crippen molar-refractivity contribution in [3.05, 3.63) is 40.3 Å². The number of hydrogen-bond acceptors (Lipinski definition) is 10. The van der Waals surface area contributed by atoms with E-state index in [1.165, 1.54) is 0 Å². The molecule has 0 fully saturated rings. The van der Waals surface area contributed by atoms with Crippen LogP contribution in [0.4, 0.5) is 0 Å². The summed E-state index contributed by atoms with van der Waals surface area (Å²) in [5, 5.41) is 9.10. The lowest BCUT2D eigenvalue weighted by Crippen LogP contribution is -2.29. The van der Waals surface area contributed by atoms with Gasteiger partial charge in [-0.05, 0) is 37.1 Å². The maximum atomic E-state index is 12.2. The summed E-state index contributed by atoms with van der Waals surface area (Å²) in [7, 11) is 0. The Balaban J connectivity index is 2.11. The van der Waals surface area contributed by atoms with Crippen molar-refractivity contribution in [1.29, 1.82) is 0 Å². The van der Waals surface area contributed by atoms with Gasteiger partial charge in [0.2, 0.25) is 5.91 Å². The van der Waals surface area contributed by atoms with Crippen molar-refractivity contribution in [2.24, 2.45) is 5.11 Å². The summed E-state index contributed by atoms with van der Waals surface area (Å²) in [4.78, 5) is 26.6. The lowest BCUT2D eigenvalue weighted by molar-refractivity contribution is -0.121. The Kier molecular flexibility index (Phi) is 21.0. The van der Waals surface area contributed by atoms with Gasteiger partial charge in [-0.2, -0.15) is 0 Å². The van der Waals surface area contributed by atoms with Crippen LogP contribution in [0.5, 0.6) is 5.75 Å². The molecular formula is C25H38N6O7S. The van der Waals surface area contributed by atoms with E-state index in [1.54, 1.807) is 31.2 Å². The van der Waals surface area contributed by atoms with E-state index in [-0.39, 0.29) is 31.6 Å². The molecule has 2 amide bonds. The second kappa shape index (κ2) is 24.1. The minimum Gasteiger partial charge on any atom is -0.491 e. The number of carbonyl (C=O) groups is 2. The molecule has 0 aliphatic heterocycles. The lowest BCUT2D eigenvalue weighted by Gasteiger charge is -2.14. The summed E-state index contributed by atoms with van der Waals surface area (Å²) in [5.74, 6) is 5.66. The molecule has 0 aliphatic rings. The van der Waals surface area contributed by atoms with Crippen LogP contribution in [0, 0.1) is 11.8 Å². The third kappa shape index (κ3) is 18.8. The van der Waals surface area contributed by atoms with Gasteiger partial charge in [-0.15, -0.1) is 5.92 Å². The number of ether oxygens (including phenoxy) is 5. The first-order valence-corrected chi connectivity index (χ1v) is 13.0. The van der Waals surface area contributed by atoms with Crippen molar-refractivity contribution >= 4 is 24.6 Å². The largest absolute Gasteiger partial charge is 0.491 e. The van der Waals surface area contributed by atoms with E-state index in [2.05, 4.69) is 50.0 Å². The zero-order valence-corrected chi connectivity index (χ0v) is 23.1. The third-order valence-corrected chi connectivity index (χ3v) is 4.94. The predicted octanol–water partition coefficient (Wildman–Crippen LogP) is 1.85. The summed E-state index contributed by atoms with van der Waals surface area (Å²) in [6, 6.07) is 6.64. The van der Waals surface area contributed by atoms with Gasteiger partial charge in [0.15, 0.2) is 6.23 Å². The highest BCUT2D eigenvalue weighted by Gasteiger charge is 2.10. The first-order chi connectivity index (χ1) is 19.1. The minimum absolute atomic E-state index is 0.0318. The highest BCUT2D eigenvalue weighted by atomic mass is 32.1. The normalized spacial score (nSPS) is 11.0. The molecule has 0 saturated heterocycles. The first-order valence-electron chi connectivity index (χ1n) is 12.5. The van der Waals surface area contributed by atoms with Gasteiger partial charge in [-0.3, -0.25) is 14.3 Å². The standard InChI is InChI=1S/C25H38N6O7S/c1-2-3-12-34-14-11-27-23(32)8-5-13-35-15-16-36-17-18-37-24(30-31-26)20-38-22-7-4-6-21(19-22)25(33)28-9-10-29-39/h4,6-7,19,24,29,39H,5,8-18,20H2,1H3,(H,27,32)(H,28,33). The minimum atomic E-state index is -0.864. The molecule has 216 valence electrons. The predicted molar refractivity (Wildman–Crippen MR) is 148 cm³/mol. The van der Waals surface area contributed by atoms with Crippen LogP contribution in [0.2, 0.25) is 0 Å². The molecule has 0 heterocycles. The summed E-state index contributed by atoms with van der Waals surface area (Å²) < 4.78 is 29.9. The Bertz CT molecular complexity index is 937. The highest BCUT2D eigenvalue weighted by molar-refractivity contribution is 7.78. The van der Waals surface area contributed by atoms with Gasteiger partial charge in [0, 0.05) is 43.1 Å². The maximum absolute atomic E-state index is 12.2. The van der Waals surface area contributed by atoms with Crippen LogP contribution in [-0.4, -0.2) is 90.5 Å². The molecule has 0 saturated carbocycles. The van der Waals surface area contributed by atoms with Crippen LogP contribution >= 0.6 is 12.8 Å². The van der Waals surface area contributed by atoms with Gasteiger partial charge in [-0.1, -0.05) is 29.9 Å². The first kappa shape index (κ1) is 34.0. The molecule has 1 atom stereocenters. The fourth-order valence-corrected chi connectivity index (χ4v) is 2.96. The Morgan fingerprint density at radius 3 is 2.62 bits per heavy atom.